The highest BCUT2D eigenvalue weighted by Crippen LogP contribution is 2.19. The molecular weight excluding hydrogens is 180 g/mol. The summed E-state index contributed by atoms with van der Waals surface area (Å²) >= 11 is 1.79. The van der Waals surface area contributed by atoms with Gasteiger partial charge in [-0.2, -0.15) is 0 Å². The molecule has 1 heterocycles. The van der Waals surface area contributed by atoms with Gasteiger partial charge in [-0.05, 0) is 36.8 Å². The molecule has 2 nitrogen and oxygen atoms in total. The molecule has 0 unspecified atom stereocenters. The van der Waals surface area contributed by atoms with Crippen molar-refractivity contribution < 1.29 is 0 Å². The molecule has 0 fully saturated rings. The van der Waals surface area contributed by atoms with Gasteiger partial charge in [0.2, 0.25) is 0 Å². The molecule has 13 heavy (non-hydrogen) atoms. The van der Waals surface area contributed by atoms with Crippen LogP contribution in [0.3, 0.4) is 0 Å². The molecule has 2 N–H and O–H groups in total. The van der Waals surface area contributed by atoms with Gasteiger partial charge in [-0.25, -0.2) is 4.98 Å². The Bertz CT molecular complexity index is 261. The van der Waals surface area contributed by atoms with Gasteiger partial charge in [-0.3, -0.25) is 0 Å². The first kappa shape index (κ1) is 10.5. The molecule has 1 atom stereocenters. The van der Waals surface area contributed by atoms with Gasteiger partial charge >= 0.3 is 0 Å². The van der Waals surface area contributed by atoms with Crippen molar-refractivity contribution in [3.8, 4) is 0 Å². The van der Waals surface area contributed by atoms with Crippen LogP contribution in [0.2, 0.25) is 0 Å². The van der Waals surface area contributed by atoms with E-state index < -0.39 is 0 Å². The Balaban J connectivity index is 2.68. The van der Waals surface area contributed by atoms with Crippen molar-refractivity contribution in [2.45, 2.75) is 31.3 Å². The van der Waals surface area contributed by atoms with Gasteiger partial charge in [0.05, 0.1) is 5.03 Å². The molecule has 0 bridgehead atoms. The second-order valence-corrected chi connectivity index (χ2v) is 4.18. The fourth-order valence-electron chi connectivity index (χ4n) is 0.994. The highest BCUT2D eigenvalue weighted by molar-refractivity contribution is 7.99. The Morgan fingerprint density at radius 3 is 3.00 bits per heavy atom. The standard InChI is InChI=1S/C10H16N2S/c1-3-6-13-10-7-9(8(2)11)4-5-12-10/h4-5,7-8H,3,6,11H2,1-2H3/t8-/m1/s1. The maximum atomic E-state index is 5.77. The lowest BCUT2D eigenvalue weighted by Gasteiger charge is -2.06. The lowest BCUT2D eigenvalue weighted by atomic mass is 10.1. The van der Waals surface area contributed by atoms with Crippen LogP contribution in [-0.2, 0) is 0 Å². The summed E-state index contributed by atoms with van der Waals surface area (Å²) in [6.07, 6.45) is 3.01. The first-order chi connectivity index (χ1) is 6.24. The summed E-state index contributed by atoms with van der Waals surface area (Å²) < 4.78 is 0. The number of nitrogens with zero attached hydrogens (tertiary/aromatic N) is 1. The zero-order valence-electron chi connectivity index (χ0n) is 8.16. The van der Waals surface area contributed by atoms with Crippen LogP contribution in [0.15, 0.2) is 23.4 Å². The molecular formula is C10H16N2S. The Hall–Kier alpha value is -0.540. The summed E-state index contributed by atoms with van der Waals surface area (Å²) in [5, 5.41) is 1.08. The van der Waals surface area contributed by atoms with Crippen LogP contribution in [0, 0.1) is 0 Å². The van der Waals surface area contributed by atoms with Crippen molar-refractivity contribution in [2.75, 3.05) is 5.75 Å². The van der Waals surface area contributed by atoms with Crippen LogP contribution in [0.25, 0.3) is 0 Å². The Morgan fingerprint density at radius 2 is 2.38 bits per heavy atom. The zero-order valence-corrected chi connectivity index (χ0v) is 8.97. The molecule has 0 saturated heterocycles. The van der Waals surface area contributed by atoms with E-state index in [0.717, 1.165) is 16.3 Å². The normalized spacial score (nSPS) is 12.8. The summed E-state index contributed by atoms with van der Waals surface area (Å²) in [4.78, 5) is 4.27. The molecule has 0 amide bonds. The second kappa shape index (κ2) is 5.25. The minimum Gasteiger partial charge on any atom is -0.324 e. The third-order valence-electron chi connectivity index (χ3n) is 1.74. The number of pyridine rings is 1. The Kier molecular flexibility index (Phi) is 4.25. The number of aromatic nitrogens is 1. The van der Waals surface area contributed by atoms with E-state index in [-0.39, 0.29) is 6.04 Å². The molecule has 0 aliphatic rings. The molecule has 0 aliphatic heterocycles. The summed E-state index contributed by atoms with van der Waals surface area (Å²) in [5.74, 6) is 1.12. The molecule has 1 aromatic rings. The van der Waals surface area contributed by atoms with Crippen molar-refractivity contribution in [2.24, 2.45) is 5.73 Å². The van der Waals surface area contributed by atoms with Crippen LogP contribution in [-0.4, -0.2) is 10.7 Å². The Labute approximate surface area is 83.9 Å². The Morgan fingerprint density at radius 1 is 1.62 bits per heavy atom. The lowest BCUT2D eigenvalue weighted by molar-refractivity contribution is 0.808. The highest BCUT2D eigenvalue weighted by Gasteiger charge is 2.01. The van der Waals surface area contributed by atoms with E-state index in [1.54, 1.807) is 11.8 Å². The van der Waals surface area contributed by atoms with Crippen LogP contribution in [0.5, 0.6) is 0 Å². The van der Waals surface area contributed by atoms with Crippen LogP contribution < -0.4 is 5.73 Å². The van der Waals surface area contributed by atoms with Gasteiger partial charge < -0.3 is 5.73 Å². The highest BCUT2D eigenvalue weighted by atomic mass is 32.2. The summed E-state index contributed by atoms with van der Waals surface area (Å²) in [7, 11) is 0. The number of nitrogens with two attached hydrogens (primary N) is 1. The maximum Gasteiger partial charge on any atom is 0.0963 e. The third kappa shape index (κ3) is 3.36. The van der Waals surface area contributed by atoms with E-state index in [1.807, 2.05) is 19.2 Å². The fraction of sp³-hybridized carbons (Fsp3) is 0.500. The van der Waals surface area contributed by atoms with Crippen molar-refractivity contribution in [1.29, 1.82) is 0 Å². The molecule has 0 spiro atoms. The SMILES string of the molecule is CCCSc1cc([C@@H](C)N)ccn1. The fourth-order valence-corrected chi connectivity index (χ4v) is 1.76. The van der Waals surface area contributed by atoms with Crippen molar-refractivity contribution in [1.82, 2.24) is 4.98 Å². The summed E-state index contributed by atoms with van der Waals surface area (Å²) in [5.41, 5.74) is 6.93. The molecule has 0 aliphatic carbocycles. The van der Waals surface area contributed by atoms with Crippen LogP contribution in [0.1, 0.15) is 31.9 Å². The first-order valence-corrected chi connectivity index (χ1v) is 5.57. The number of thioether (sulfide) groups is 1. The largest absolute Gasteiger partial charge is 0.324 e. The van der Waals surface area contributed by atoms with E-state index in [1.165, 1.54) is 6.42 Å². The molecule has 0 radical (unpaired) electrons. The van der Waals surface area contributed by atoms with E-state index in [2.05, 4.69) is 18.0 Å². The monoisotopic (exact) mass is 196 g/mol. The van der Waals surface area contributed by atoms with Crippen molar-refractivity contribution in [3.05, 3.63) is 23.9 Å². The second-order valence-electron chi connectivity index (χ2n) is 3.06. The van der Waals surface area contributed by atoms with E-state index in [9.17, 15) is 0 Å². The van der Waals surface area contributed by atoms with Crippen LogP contribution >= 0.6 is 11.8 Å². The number of hydrogen-bond donors (Lipinski definition) is 1. The average molecular weight is 196 g/mol. The molecule has 0 aromatic carbocycles. The molecule has 3 heteroatoms. The van der Waals surface area contributed by atoms with E-state index in [4.69, 9.17) is 5.73 Å². The van der Waals surface area contributed by atoms with E-state index >= 15 is 0 Å². The predicted molar refractivity (Wildman–Crippen MR) is 57.9 cm³/mol. The summed E-state index contributed by atoms with van der Waals surface area (Å²) in [6.45, 7) is 4.16. The molecule has 72 valence electrons. The maximum absolute atomic E-state index is 5.77. The smallest absolute Gasteiger partial charge is 0.0963 e. The van der Waals surface area contributed by atoms with E-state index in [0.29, 0.717) is 0 Å². The van der Waals surface area contributed by atoms with Gasteiger partial charge in [0.15, 0.2) is 0 Å². The minimum absolute atomic E-state index is 0.101. The van der Waals surface area contributed by atoms with Gasteiger partial charge in [-0.1, -0.05) is 6.92 Å². The van der Waals surface area contributed by atoms with Gasteiger partial charge in [-0.15, -0.1) is 11.8 Å². The first-order valence-electron chi connectivity index (χ1n) is 4.58. The van der Waals surface area contributed by atoms with Crippen molar-refractivity contribution in [3.63, 3.8) is 0 Å². The predicted octanol–water partition coefficient (Wildman–Crippen LogP) is 2.60. The van der Waals surface area contributed by atoms with Gasteiger partial charge in [0.1, 0.15) is 0 Å². The molecule has 1 aromatic heterocycles. The zero-order chi connectivity index (χ0) is 9.68. The molecule has 1 rings (SSSR count). The number of rotatable bonds is 4. The van der Waals surface area contributed by atoms with Gasteiger partial charge in [0, 0.05) is 12.2 Å². The average Bonchev–Trinajstić information content (AvgIpc) is 2.15. The minimum atomic E-state index is 0.101. The third-order valence-corrected chi connectivity index (χ3v) is 2.87. The quantitative estimate of drug-likeness (QED) is 0.752. The molecule has 0 saturated carbocycles. The lowest BCUT2D eigenvalue weighted by Crippen LogP contribution is -2.05. The topological polar surface area (TPSA) is 38.9 Å². The van der Waals surface area contributed by atoms with Gasteiger partial charge in [0.25, 0.3) is 0 Å². The summed E-state index contributed by atoms with van der Waals surface area (Å²) in [6, 6.07) is 4.15. The van der Waals surface area contributed by atoms with Crippen molar-refractivity contribution >= 4 is 11.8 Å². The number of hydrogen-bond acceptors (Lipinski definition) is 3. The van der Waals surface area contributed by atoms with Crippen LogP contribution in [0.4, 0.5) is 0 Å².